The van der Waals surface area contributed by atoms with Crippen LogP contribution in [0.1, 0.15) is 23.2 Å². The standard InChI is InChI=1S/C13H16BrNO3/c14-5-3-9-4-6-15(8-9)13(18)10-1-2-11(16)12(17)7-10/h1-2,7,9,16-17H,3-6,8H2. The summed E-state index contributed by atoms with van der Waals surface area (Å²) in [6, 6.07) is 4.19. The Labute approximate surface area is 114 Å². The van der Waals surface area contributed by atoms with Gasteiger partial charge in [-0.3, -0.25) is 4.79 Å². The Balaban J connectivity index is 2.05. The summed E-state index contributed by atoms with van der Waals surface area (Å²) < 4.78 is 0. The van der Waals surface area contributed by atoms with Crippen molar-refractivity contribution in [3.05, 3.63) is 23.8 Å². The topological polar surface area (TPSA) is 60.8 Å². The number of hydrogen-bond donors (Lipinski definition) is 2. The van der Waals surface area contributed by atoms with E-state index in [1.54, 1.807) is 4.90 Å². The molecule has 1 saturated heterocycles. The fourth-order valence-electron chi connectivity index (χ4n) is 2.25. The van der Waals surface area contributed by atoms with Crippen LogP contribution in [0.5, 0.6) is 11.5 Å². The van der Waals surface area contributed by atoms with E-state index >= 15 is 0 Å². The normalized spacial score (nSPS) is 19.2. The SMILES string of the molecule is O=C(c1ccc(O)c(O)c1)N1CCC(CCBr)C1. The van der Waals surface area contributed by atoms with E-state index in [9.17, 15) is 15.0 Å². The second-order valence-electron chi connectivity index (χ2n) is 4.59. The lowest BCUT2D eigenvalue weighted by Gasteiger charge is -2.16. The summed E-state index contributed by atoms with van der Waals surface area (Å²) in [6.07, 6.45) is 2.10. The number of carbonyl (C=O) groups excluding carboxylic acids is 1. The Kier molecular flexibility index (Phi) is 4.11. The molecule has 1 aromatic rings. The number of nitrogens with zero attached hydrogens (tertiary/aromatic N) is 1. The van der Waals surface area contributed by atoms with Crippen LogP contribution in [-0.4, -0.2) is 39.4 Å². The first kappa shape index (κ1) is 13.2. The summed E-state index contributed by atoms with van der Waals surface area (Å²) in [5.74, 6) is 0.0172. The van der Waals surface area contributed by atoms with Gasteiger partial charge in [-0.15, -0.1) is 0 Å². The first-order chi connectivity index (χ1) is 8.61. The summed E-state index contributed by atoms with van der Waals surface area (Å²) >= 11 is 3.41. The van der Waals surface area contributed by atoms with Gasteiger partial charge in [0.25, 0.3) is 5.91 Å². The Bertz CT molecular complexity index is 450. The number of likely N-dealkylation sites (tertiary alicyclic amines) is 1. The largest absolute Gasteiger partial charge is 0.504 e. The lowest BCUT2D eigenvalue weighted by Crippen LogP contribution is -2.28. The van der Waals surface area contributed by atoms with Crippen LogP contribution in [0.4, 0.5) is 0 Å². The van der Waals surface area contributed by atoms with Gasteiger partial charge in [-0.25, -0.2) is 0 Å². The third kappa shape index (κ3) is 2.77. The van der Waals surface area contributed by atoms with Gasteiger partial charge in [-0.1, -0.05) is 15.9 Å². The Hall–Kier alpha value is -1.23. The van der Waals surface area contributed by atoms with Gasteiger partial charge >= 0.3 is 0 Å². The molecule has 0 spiro atoms. The van der Waals surface area contributed by atoms with Crippen molar-refractivity contribution in [1.82, 2.24) is 4.90 Å². The molecule has 0 aliphatic carbocycles. The minimum absolute atomic E-state index is 0.0811. The number of halogens is 1. The first-order valence-electron chi connectivity index (χ1n) is 5.99. The van der Waals surface area contributed by atoms with E-state index < -0.39 is 0 Å². The van der Waals surface area contributed by atoms with Crippen LogP contribution >= 0.6 is 15.9 Å². The van der Waals surface area contributed by atoms with E-state index in [4.69, 9.17) is 0 Å². The van der Waals surface area contributed by atoms with Crippen LogP contribution in [-0.2, 0) is 0 Å². The predicted octanol–water partition coefficient (Wildman–Crippen LogP) is 2.34. The fraction of sp³-hybridized carbons (Fsp3) is 0.462. The monoisotopic (exact) mass is 313 g/mol. The van der Waals surface area contributed by atoms with Gasteiger partial charge in [0, 0.05) is 24.0 Å². The molecule has 0 radical (unpaired) electrons. The zero-order valence-electron chi connectivity index (χ0n) is 9.97. The number of aromatic hydroxyl groups is 2. The van der Waals surface area contributed by atoms with Gasteiger partial charge in [0.2, 0.25) is 0 Å². The van der Waals surface area contributed by atoms with Crippen molar-refractivity contribution < 1.29 is 15.0 Å². The number of rotatable bonds is 3. The molecule has 1 aliphatic rings. The van der Waals surface area contributed by atoms with E-state index in [2.05, 4.69) is 15.9 Å². The van der Waals surface area contributed by atoms with Crippen LogP contribution in [0.25, 0.3) is 0 Å². The number of alkyl halides is 1. The van der Waals surface area contributed by atoms with E-state index in [0.717, 1.165) is 31.3 Å². The number of phenolic OH excluding ortho intramolecular Hbond substituents is 2. The lowest BCUT2D eigenvalue weighted by atomic mass is 10.1. The highest BCUT2D eigenvalue weighted by Crippen LogP contribution is 2.27. The fourth-order valence-corrected chi connectivity index (χ4v) is 2.89. The van der Waals surface area contributed by atoms with Crippen LogP contribution in [0.15, 0.2) is 18.2 Å². The molecule has 4 nitrogen and oxygen atoms in total. The van der Waals surface area contributed by atoms with Crippen molar-refractivity contribution >= 4 is 21.8 Å². The highest BCUT2D eigenvalue weighted by molar-refractivity contribution is 9.09. The van der Waals surface area contributed by atoms with Crippen molar-refractivity contribution in [3.8, 4) is 11.5 Å². The van der Waals surface area contributed by atoms with E-state index in [1.165, 1.54) is 18.2 Å². The summed E-state index contributed by atoms with van der Waals surface area (Å²) in [6.45, 7) is 1.53. The van der Waals surface area contributed by atoms with Gasteiger partial charge < -0.3 is 15.1 Å². The van der Waals surface area contributed by atoms with Crippen molar-refractivity contribution in [2.45, 2.75) is 12.8 Å². The molecular weight excluding hydrogens is 298 g/mol. The highest BCUT2D eigenvalue weighted by atomic mass is 79.9. The Morgan fingerprint density at radius 1 is 1.39 bits per heavy atom. The Morgan fingerprint density at radius 3 is 2.83 bits per heavy atom. The number of amides is 1. The van der Waals surface area contributed by atoms with E-state index in [0.29, 0.717) is 11.5 Å². The predicted molar refractivity (Wildman–Crippen MR) is 72.2 cm³/mol. The highest BCUT2D eigenvalue weighted by Gasteiger charge is 2.26. The van der Waals surface area contributed by atoms with Gasteiger partial charge in [-0.05, 0) is 37.0 Å². The van der Waals surface area contributed by atoms with Crippen molar-refractivity contribution in [2.24, 2.45) is 5.92 Å². The molecule has 1 amide bonds. The molecule has 2 N–H and O–H groups in total. The third-order valence-electron chi connectivity index (χ3n) is 3.31. The summed E-state index contributed by atoms with van der Waals surface area (Å²) in [5.41, 5.74) is 0.421. The van der Waals surface area contributed by atoms with Gasteiger partial charge in [0.05, 0.1) is 0 Å². The van der Waals surface area contributed by atoms with Gasteiger partial charge in [-0.2, -0.15) is 0 Å². The number of carbonyl (C=O) groups is 1. The molecule has 18 heavy (non-hydrogen) atoms. The second kappa shape index (κ2) is 5.61. The second-order valence-corrected chi connectivity index (χ2v) is 5.38. The average Bonchev–Trinajstić information content (AvgIpc) is 2.81. The van der Waals surface area contributed by atoms with Crippen LogP contribution in [0, 0.1) is 5.92 Å². The average molecular weight is 314 g/mol. The van der Waals surface area contributed by atoms with Gasteiger partial charge in [0.15, 0.2) is 11.5 Å². The van der Waals surface area contributed by atoms with Crippen molar-refractivity contribution in [2.75, 3.05) is 18.4 Å². The van der Waals surface area contributed by atoms with Crippen molar-refractivity contribution in [1.29, 1.82) is 0 Å². The minimum atomic E-state index is -0.253. The molecule has 98 valence electrons. The molecular formula is C13H16BrNO3. The molecule has 1 unspecified atom stereocenters. The minimum Gasteiger partial charge on any atom is -0.504 e. The molecule has 1 aromatic carbocycles. The molecule has 2 rings (SSSR count). The number of hydrogen-bond acceptors (Lipinski definition) is 3. The molecule has 0 saturated carbocycles. The van der Waals surface area contributed by atoms with Crippen LogP contribution < -0.4 is 0 Å². The third-order valence-corrected chi connectivity index (χ3v) is 3.77. The Morgan fingerprint density at radius 2 is 2.17 bits per heavy atom. The summed E-state index contributed by atoms with van der Waals surface area (Å²) in [7, 11) is 0. The maximum absolute atomic E-state index is 12.2. The molecule has 0 aromatic heterocycles. The smallest absolute Gasteiger partial charge is 0.254 e. The van der Waals surface area contributed by atoms with Crippen molar-refractivity contribution in [3.63, 3.8) is 0 Å². The quantitative estimate of drug-likeness (QED) is 0.665. The number of phenols is 2. The maximum atomic E-state index is 12.2. The molecule has 0 bridgehead atoms. The lowest BCUT2D eigenvalue weighted by molar-refractivity contribution is 0.0786. The first-order valence-corrected chi connectivity index (χ1v) is 7.11. The van der Waals surface area contributed by atoms with Gasteiger partial charge in [0.1, 0.15) is 0 Å². The summed E-state index contributed by atoms with van der Waals surface area (Å²) in [4.78, 5) is 14.0. The molecule has 1 heterocycles. The van der Waals surface area contributed by atoms with E-state index in [1.807, 2.05) is 0 Å². The zero-order valence-corrected chi connectivity index (χ0v) is 11.6. The molecule has 5 heteroatoms. The maximum Gasteiger partial charge on any atom is 0.254 e. The van der Waals surface area contributed by atoms with Crippen LogP contribution in [0.3, 0.4) is 0 Å². The zero-order chi connectivity index (χ0) is 13.1. The summed E-state index contributed by atoms with van der Waals surface area (Å²) in [5, 5.41) is 19.6. The molecule has 1 fully saturated rings. The molecule has 1 aliphatic heterocycles. The molecule has 1 atom stereocenters. The van der Waals surface area contributed by atoms with Crippen LogP contribution in [0.2, 0.25) is 0 Å². The number of benzene rings is 1. The van der Waals surface area contributed by atoms with E-state index in [-0.39, 0.29) is 17.4 Å².